The molecule has 5 N–H and O–H groups in total. The predicted molar refractivity (Wildman–Crippen MR) is 131 cm³/mol. The van der Waals surface area contributed by atoms with Gasteiger partial charge < -0.3 is 25.5 Å². The second-order valence-corrected chi connectivity index (χ2v) is 10.4. The average Bonchev–Trinajstić information content (AvgIpc) is 2.85. The van der Waals surface area contributed by atoms with Crippen molar-refractivity contribution in [1.29, 1.82) is 0 Å². The number of nitrogens with zero attached hydrogens (tertiary/aromatic N) is 1. The fourth-order valence-electron chi connectivity index (χ4n) is 6.67. The Hall–Kier alpha value is -2.16. The first-order valence-electron chi connectivity index (χ1n) is 13.0. The first kappa shape index (κ1) is 27.4. The van der Waals surface area contributed by atoms with Gasteiger partial charge in [0.05, 0.1) is 0 Å². The number of likely N-dealkylation sites (tertiary alicyclic amines) is 1. The Morgan fingerprint density at radius 3 is 2.31 bits per heavy atom. The van der Waals surface area contributed by atoms with Crippen LogP contribution in [0.25, 0.3) is 0 Å². The van der Waals surface area contributed by atoms with Crippen molar-refractivity contribution < 1.29 is 35.1 Å². The zero-order valence-corrected chi connectivity index (χ0v) is 20.9. The van der Waals surface area contributed by atoms with Gasteiger partial charge in [0.15, 0.2) is 12.2 Å². The quantitative estimate of drug-likeness (QED) is 0.374. The van der Waals surface area contributed by atoms with Gasteiger partial charge in [0.25, 0.3) is 0 Å². The van der Waals surface area contributed by atoms with Crippen molar-refractivity contribution >= 4 is 11.9 Å². The summed E-state index contributed by atoms with van der Waals surface area (Å²) in [6.45, 7) is 7.24. The number of aliphatic carboxylic acids is 2. The normalized spacial score (nSPS) is 27.1. The molecule has 8 heteroatoms. The van der Waals surface area contributed by atoms with Crippen LogP contribution in [0, 0.1) is 11.8 Å². The molecule has 0 aromatic heterocycles. The van der Waals surface area contributed by atoms with Gasteiger partial charge in [0.1, 0.15) is 5.75 Å². The number of carboxylic acids is 2. The highest BCUT2D eigenvalue weighted by Gasteiger charge is 2.53. The number of phenols is 1. The zero-order chi connectivity index (χ0) is 25.8. The molecular formula is C27H41NO7. The molecule has 0 radical (unpaired) electrons. The molecule has 1 saturated heterocycles. The van der Waals surface area contributed by atoms with E-state index >= 15 is 0 Å². The largest absolute Gasteiger partial charge is 0.508 e. The van der Waals surface area contributed by atoms with Crippen molar-refractivity contribution in [3.05, 3.63) is 29.3 Å². The number of phenolic OH excluding ortho intramolecular Hbond substituents is 1. The Kier molecular flexibility index (Phi) is 9.18. The van der Waals surface area contributed by atoms with E-state index in [9.17, 15) is 14.7 Å². The van der Waals surface area contributed by atoms with Crippen molar-refractivity contribution in [2.75, 3.05) is 13.1 Å². The molecule has 196 valence electrons. The minimum atomic E-state index is -2.27. The van der Waals surface area contributed by atoms with Gasteiger partial charge >= 0.3 is 11.9 Å². The molecule has 3 aliphatic rings. The Labute approximate surface area is 207 Å². The minimum absolute atomic E-state index is 0.362. The van der Waals surface area contributed by atoms with Crippen LogP contribution in [0.15, 0.2) is 18.2 Å². The lowest BCUT2D eigenvalue weighted by Gasteiger charge is -2.59. The molecule has 1 aliphatic heterocycles. The number of carbonyl (C=O) groups is 2. The summed E-state index contributed by atoms with van der Waals surface area (Å²) in [6.07, 6.45) is 7.48. The molecule has 2 bridgehead atoms. The van der Waals surface area contributed by atoms with Gasteiger partial charge in [-0.2, -0.15) is 0 Å². The molecule has 2 aliphatic carbocycles. The topological polar surface area (TPSA) is 139 Å². The lowest BCUT2D eigenvalue weighted by molar-refractivity contribution is -0.165. The van der Waals surface area contributed by atoms with Crippen LogP contribution in [0.1, 0.15) is 76.3 Å². The van der Waals surface area contributed by atoms with Crippen LogP contribution in [-0.2, 0) is 21.4 Å². The molecule has 1 aromatic carbocycles. The lowest BCUT2D eigenvalue weighted by atomic mass is 9.52. The van der Waals surface area contributed by atoms with Crippen molar-refractivity contribution in [1.82, 2.24) is 4.90 Å². The molecular weight excluding hydrogens is 450 g/mol. The van der Waals surface area contributed by atoms with Crippen molar-refractivity contribution in [3.8, 4) is 5.75 Å². The molecule has 1 aromatic rings. The van der Waals surface area contributed by atoms with Crippen LogP contribution in [0.2, 0.25) is 0 Å². The third kappa shape index (κ3) is 5.81. The molecule has 35 heavy (non-hydrogen) atoms. The first-order chi connectivity index (χ1) is 16.6. The van der Waals surface area contributed by atoms with Gasteiger partial charge in [-0.15, -0.1) is 0 Å². The number of aliphatic hydroxyl groups is 2. The summed E-state index contributed by atoms with van der Waals surface area (Å²) in [5.41, 5.74) is 3.39. The summed E-state index contributed by atoms with van der Waals surface area (Å²) in [5.74, 6) is -1.37. The number of benzene rings is 1. The molecule has 0 spiro atoms. The van der Waals surface area contributed by atoms with E-state index in [1.165, 1.54) is 82.0 Å². The highest BCUT2D eigenvalue weighted by Crippen LogP contribution is 2.56. The Bertz CT molecular complexity index is 868. The van der Waals surface area contributed by atoms with E-state index in [0.717, 1.165) is 17.9 Å². The number of piperidine rings is 1. The summed E-state index contributed by atoms with van der Waals surface area (Å²) in [4.78, 5) is 22.4. The highest BCUT2D eigenvalue weighted by molar-refractivity contribution is 5.83. The van der Waals surface area contributed by atoms with E-state index in [1.54, 1.807) is 0 Å². The molecule has 2 fully saturated rings. The standard InChI is InChI=1S/C23H35NO.C4H6O6/c1-3-17(4-2)10-13-24-14-12-23-11-6-5-7-20(23)22(24)15-18-8-9-19(25)16-21(18)23;5-1(3(7)8)2(6)4(9)10/h8-9,16-17,20,22,25H,3-7,10-15H2,1-2H3;1-2,5-6H,(H,7,8)(H,9,10)/t20-,22-,23-;1-,2-/m01/s1. The van der Waals surface area contributed by atoms with Gasteiger partial charge in [-0.3, -0.25) is 4.90 Å². The van der Waals surface area contributed by atoms with E-state index in [-0.39, 0.29) is 0 Å². The SMILES string of the molecule is CCC(CC)CCN1CC[C@@]23CCCC[C@H]2[C@@H]1Cc1ccc(O)cc13.O=C(O)[C@H](O)[C@@H](O)C(=O)O. The van der Waals surface area contributed by atoms with Crippen molar-refractivity contribution in [2.24, 2.45) is 11.8 Å². The summed E-state index contributed by atoms with van der Waals surface area (Å²) in [6, 6.07) is 6.97. The van der Waals surface area contributed by atoms with E-state index in [2.05, 4.69) is 30.9 Å². The molecule has 4 rings (SSSR count). The Morgan fingerprint density at radius 1 is 1.06 bits per heavy atom. The third-order valence-corrected chi connectivity index (χ3v) is 8.72. The van der Waals surface area contributed by atoms with E-state index in [4.69, 9.17) is 20.4 Å². The zero-order valence-electron chi connectivity index (χ0n) is 20.9. The van der Waals surface area contributed by atoms with E-state index < -0.39 is 24.1 Å². The second kappa shape index (κ2) is 11.7. The molecule has 5 atom stereocenters. The second-order valence-electron chi connectivity index (χ2n) is 10.4. The summed E-state index contributed by atoms with van der Waals surface area (Å²) < 4.78 is 0. The van der Waals surface area contributed by atoms with Gasteiger partial charge in [-0.1, -0.05) is 45.6 Å². The van der Waals surface area contributed by atoms with Gasteiger partial charge in [0, 0.05) is 11.5 Å². The fraction of sp³-hybridized carbons (Fsp3) is 0.704. The number of aliphatic hydroxyl groups excluding tert-OH is 2. The van der Waals surface area contributed by atoms with E-state index in [1.807, 2.05) is 6.07 Å². The maximum Gasteiger partial charge on any atom is 0.335 e. The minimum Gasteiger partial charge on any atom is -0.508 e. The molecule has 0 unspecified atom stereocenters. The molecule has 0 amide bonds. The maximum atomic E-state index is 10.1. The number of hydrogen-bond donors (Lipinski definition) is 5. The van der Waals surface area contributed by atoms with Crippen molar-refractivity contribution in [2.45, 2.75) is 95.3 Å². The molecule has 1 saturated carbocycles. The average molecular weight is 492 g/mol. The third-order valence-electron chi connectivity index (χ3n) is 8.72. The van der Waals surface area contributed by atoms with Crippen LogP contribution in [0.5, 0.6) is 5.75 Å². The molecule has 1 heterocycles. The molecule has 8 nitrogen and oxygen atoms in total. The highest BCUT2D eigenvalue weighted by atomic mass is 16.4. The monoisotopic (exact) mass is 491 g/mol. The van der Waals surface area contributed by atoms with Gasteiger partial charge in [-0.05, 0) is 80.3 Å². The van der Waals surface area contributed by atoms with Crippen LogP contribution >= 0.6 is 0 Å². The Balaban J connectivity index is 0.000000292. The maximum absolute atomic E-state index is 10.1. The number of fused-ring (bicyclic) bond motifs is 1. The smallest absolute Gasteiger partial charge is 0.335 e. The Morgan fingerprint density at radius 2 is 1.71 bits per heavy atom. The number of carboxylic acid groups (broad SMARTS) is 2. The van der Waals surface area contributed by atoms with Crippen LogP contribution < -0.4 is 0 Å². The number of hydrogen-bond acceptors (Lipinski definition) is 6. The van der Waals surface area contributed by atoms with Crippen molar-refractivity contribution in [3.63, 3.8) is 0 Å². The number of aromatic hydroxyl groups is 1. The van der Waals surface area contributed by atoms with E-state index in [0.29, 0.717) is 11.2 Å². The van der Waals surface area contributed by atoms with Gasteiger partial charge in [0.2, 0.25) is 0 Å². The predicted octanol–water partition coefficient (Wildman–Crippen LogP) is 3.15. The summed E-state index contributed by atoms with van der Waals surface area (Å²) >= 11 is 0. The fourth-order valence-corrected chi connectivity index (χ4v) is 6.67. The lowest BCUT2D eigenvalue weighted by Crippen LogP contribution is -2.61. The summed E-state index contributed by atoms with van der Waals surface area (Å²) in [7, 11) is 0. The van der Waals surface area contributed by atoms with Crippen LogP contribution in [-0.4, -0.2) is 73.7 Å². The van der Waals surface area contributed by atoms with Gasteiger partial charge in [-0.25, -0.2) is 9.59 Å². The van der Waals surface area contributed by atoms with Crippen LogP contribution in [0.4, 0.5) is 0 Å². The van der Waals surface area contributed by atoms with Crippen LogP contribution in [0.3, 0.4) is 0 Å². The summed E-state index contributed by atoms with van der Waals surface area (Å²) in [5, 5.41) is 42.6. The first-order valence-corrected chi connectivity index (χ1v) is 13.0. The number of rotatable bonds is 8.